The molecule has 0 radical (unpaired) electrons. The number of hydrogen-bond donors (Lipinski definition) is 1. The van der Waals surface area contributed by atoms with Crippen LogP contribution in [0.15, 0.2) is 0 Å². The average molecular weight is 155 g/mol. The maximum Gasteiger partial charge on any atom is 0.256 e. The van der Waals surface area contributed by atoms with E-state index in [0.29, 0.717) is 26.2 Å². The number of rotatable bonds is 1. The molecule has 0 aromatic carbocycles. The Bertz CT molecular complexity index is 216. The minimum atomic E-state index is -0.0157. The Hall–Kier alpha value is -1.10. The Morgan fingerprint density at radius 3 is 2.36 bits per heavy atom. The van der Waals surface area contributed by atoms with Gasteiger partial charge in [-0.15, -0.1) is 0 Å². The highest BCUT2D eigenvalue weighted by Gasteiger charge is 2.34. The van der Waals surface area contributed by atoms with Gasteiger partial charge < -0.3 is 0 Å². The van der Waals surface area contributed by atoms with Crippen LogP contribution >= 0.6 is 0 Å². The molecule has 0 aromatic rings. The molecule has 0 bridgehead atoms. The molecule has 2 saturated heterocycles. The first kappa shape index (κ1) is 6.60. The van der Waals surface area contributed by atoms with E-state index in [1.165, 1.54) is 10.0 Å². The highest BCUT2D eigenvalue weighted by Crippen LogP contribution is 2.13. The van der Waals surface area contributed by atoms with Gasteiger partial charge >= 0.3 is 0 Å². The molecule has 0 aliphatic carbocycles. The third-order valence-corrected chi connectivity index (χ3v) is 1.94. The molecule has 2 fully saturated rings. The number of carbonyl (C=O) groups is 2. The van der Waals surface area contributed by atoms with Gasteiger partial charge in [-0.1, -0.05) is 0 Å². The number of amides is 2. The van der Waals surface area contributed by atoms with Crippen LogP contribution in [0.2, 0.25) is 0 Å². The highest BCUT2D eigenvalue weighted by atomic mass is 16.2. The van der Waals surface area contributed by atoms with E-state index in [1.807, 2.05) is 0 Å². The molecular formula is C6H9N3O2. The van der Waals surface area contributed by atoms with Crippen molar-refractivity contribution in [2.24, 2.45) is 0 Å². The molecule has 5 heteroatoms. The second-order valence-corrected chi connectivity index (χ2v) is 2.65. The van der Waals surface area contributed by atoms with Crippen LogP contribution in [-0.2, 0) is 9.59 Å². The van der Waals surface area contributed by atoms with E-state index in [9.17, 15) is 9.59 Å². The van der Waals surface area contributed by atoms with Gasteiger partial charge in [-0.05, 0) is 0 Å². The Kier molecular flexibility index (Phi) is 1.32. The van der Waals surface area contributed by atoms with Crippen molar-refractivity contribution in [2.75, 3.05) is 19.8 Å². The van der Waals surface area contributed by atoms with Crippen molar-refractivity contribution >= 4 is 11.8 Å². The summed E-state index contributed by atoms with van der Waals surface area (Å²) in [6.45, 7) is 1.51. The minimum Gasteiger partial charge on any atom is -0.289 e. The molecule has 2 heterocycles. The van der Waals surface area contributed by atoms with Gasteiger partial charge in [-0.25, -0.2) is 10.0 Å². The van der Waals surface area contributed by atoms with Crippen LogP contribution in [0.3, 0.4) is 0 Å². The molecule has 0 atom stereocenters. The molecule has 0 unspecified atom stereocenters. The molecule has 2 aliphatic rings. The number of nitrogens with zero attached hydrogens (tertiary/aromatic N) is 2. The minimum absolute atomic E-state index is 0.0157. The first-order chi connectivity index (χ1) is 5.29. The summed E-state index contributed by atoms with van der Waals surface area (Å²) in [5.41, 5.74) is 0. The fourth-order valence-corrected chi connectivity index (χ4v) is 1.23. The quantitative estimate of drug-likeness (QED) is 0.470. The van der Waals surface area contributed by atoms with Crippen LogP contribution < -0.4 is 5.32 Å². The average Bonchev–Trinajstić information content (AvgIpc) is 2.34. The second kappa shape index (κ2) is 2.20. The van der Waals surface area contributed by atoms with E-state index in [4.69, 9.17) is 0 Å². The standard InChI is InChI=1S/C6H9N3O2/c10-5-1-2-8(5)9-4-7-3-6(9)11/h7H,1-4H2. The van der Waals surface area contributed by atoms with Crippen LogP contribution in [0.1, 0.15) is 6.42 Å². The van der Waals surface area contributed by atoms with Gasteiger partial charge in [0, 0.05) is 6.42 Å². The monoisotopic (exact) mass is 155 g/mol. The number of nitrogens with one attached hydrogen (secondary N) is 1. The lowest BCUT2D eigenvalue weighted by Crippen LogP contribution is -2.55. The largest absolute Gasteiger partial charge is 0.289 e. The van der Waals surface area contributed by atoms with Gasteiger partial charge in [-0.3, -0.25) is 14.9 Å². The lowest BCUT2D eigenvalue weighted by Gasteiger charge is -2.37. The molecule has 2 aliphatic heterocycles. The summed E-state index contributed by atoms with van der Waals surface area (Å²) >= 11 is 0. The Morgan fingerprint density at radius 2 is 2.00 bits per heavy atom. The predicted molar refractivity (Wildman–Crippen MR) is 36.0 cm³/mol. The Morgan fingerprint density at radius 1 is 1.18 bits per heavy atom. The fourth-order valence-electron chi connectivity index (χ4n) is 1.23. The van der Waals surface area contributed by atoms with Crippen LogP contribution in [-0.4, -0.2) is 41.6 Å². The zero-order chi connectivity index (χ0) is 7.84. The smallest absolute Gasteiger partial charge is 0.256 e. The van der Waals surface area contributed by atoms with Gasteiger partial charge in [0.25, 0.3) is 5.91 Å². The molecule has 2 amide bonds. The Labute approximate surface area is 63.9 Å². The van der Waals surface area contributed by atoms with Crippen molar-refractivity contribution in [2.45, 2.75) is 6.42 Å². The van der Waals surface area contributed by atoms with E-state index < -0.39 is 0 Å². The zero-order valence-corrected chi connectivity index (χ0v) is 6.04. The molecule has 1 N–H and O–H groups in total. The zero-order valence-electron chi connectivity index (χ0n) is 6.04. The second-order valence-electron chi connectivity index (χ2n) is 2.65. The summed E-state index contributed by atoms with van der Waals surface area (Å²) in [5, 5.41) is 5.83. The van der Waals surface area contributed by atoms with Crippen LogP contribution in [0.25, 0.3) is 0 Å². The number of hydrazine groups is 1. The number of β-lactam (4-membered cyclic amide) rings is 1. The van der Waals surface area contributed by atoms with E-state index >= 15 is 0 Å². The van der Waals surface area contributed by atoms with Crippen LogP contribution in [0, 0.1) is 0 Å². The maximum atomic E-state index is 11.0. The molecule has 0 spiro atoms. The summed E-state index contributed by atoms with van der Waals surface area (Å²) in [6.07, 6.45) is 0.573. The van der Waals surface area contributed by atoms with Gasteiger partial charge in [0.15, 0.2) is 0 Å². The van der Waals surface area contributed by atoms with Gasteiger partial charge in [0.2, 0.25) is 5.91 Å². The van der Waals surface area contributed by atoms with Gasteiger partial charge in [0.05, 0.1) is 19.8 Å². The lowest BCUT2D eigenvalue weighted by molar-refractivity contribution is -0.170. The summed E-state index contributed by atoms with van der Waals surface area (Å²) in [6, 6.07) is 0. The van der Waals surface area contributed by atoms with E-state index in [2.05, 4.69) is 5.32 Å². The highest BCUT2D eigenvalue weighted by molar-refractivity contribution is 5.87. The van der Waals surface area contributed by atoms with E-state index in [-0.39, 0.29) is 11.8 Å². The van der Waals surface area contributed by atoms with Crippen molar-refractivity contribution in [1.82, 2.24) is 15.3 Å². The van der Waals surface area contributed by atoms with Crippen molar-refractivity contribution in [3.8, 4) is 0 Å². The number of carbonyl (C=O) groups excluding carboxylic acids is 2. The third-order valence-electron chi connectivity index (χ3n) is 1.94. The SMILES string of the molecule is O=C1CCN1N1CNCC1=O. The van der Waals surface area contributed by atoms with E-state index in [0.717, 1.165) is 0 Å². The van der Waals surface area contributed by atoms with Crippen molar-refractivity contribution in [1.29, 1.82) is 0 Å². The molecule has 60 valence electrons. The van der Waals surface area contributed by atoms with Crippen LogP contribution in [0.4, 0.5) is 0 Å². The van der Waals surface area contributed by atoms with Crippen molar-refractivity contribution in [3.05, 3.63) is 0 Å². The number of hydrogen-bond acceptors (Lipinski definition) is 3. The molecule has 0 saturated carbocycles. The topological polar surface area (TPSA) is 52.7 Å². The Balaban J connectivity index is 2.04. The maximum absolute atomic E-state index is 11.0. The third kappa shape index (κ3) is 0.883. The fraction of sp³-hybridized carbons (Fsp3) is 0.667. The summed E-state index contributed by atoms with van der Waals surface area (Å²) in [7, 11) is 0. The van der Waals surface area contributed by atoms with Crippen LogP contribution in [0.5, 0.6) is 0 Å². The summed E-state index contributed by atoms with van der Waals surface area (Å²) in [5.74, 6) is 0.0279. The summed E-state index contributed by atoms with van der Waals surface area (Å²) in [4.78, 5) is 21.9. The normalized spacial score (nSPS) is 24.4. The first-order valence-electron chi connectivity index (χ1n) is 3.60. The first-order valence-corrected chi connectivity index (χ1v) is 3.60. The lowest BCUT2D eigenvalue weighted by atomic mass is 10.2. The summed E-state index contributed by atoms with van der Waals surface area (Å²) < 4.78 is 0. The molecule has 2 rings (SSSR count). The van der Waals surface area contributed by atoms with Crippen molar-refractivity contribution < 1.29 is 9.59 Å². The molecule has 11 heavy (non-hydrogen) atoms. The molecular weight excluding hydrogens is 146 g/mol. The molecule has 0 aromatic heterocycles. The predicted octanol–water partition coefficient (Wildman–Crippen LogP) is -1.48. The van der Waals surface area contributed by atoms with Gasteiger partial charge in [0.1, 0.15) is 0 Å². The van der Waals surface area contributed by atoms with E-state index in [1.54, 1.807) is 0 Å². The van der Waals surface area contributed by atoms with Crippen molar-refractivity contribution in [3.63, 3.8) is 0 Å². The van der Waals surface area contributed by atoms with Gasteiger partial charge in [-0.2, -0.15) is 0 Å². The molecule has 5 nitrogen and oxygen atoms in total.